The van der Waals surface area contributed by atoms with Crippen LogP contribution >= 0.6 is 0 Å². The molecule has 2 heterocycles. The van der Waals surface area contributed by atoms with E-state index in [1.807, 2.05) is 0 Å². The fraction of sp³-hybridized carbons (Fsp3) is 0.667. The van der Waals surface area contributed by atoms with Gasteiger partial charge in [-0.1, -0.05) is 30.8 Å². The summed E-state index contributed by atoms with van der Waals surface area (Å²) in [6, 6.07) is 0. The van der Waals surface area contributed by atoms with Gasteiger partial charge in [-0.15, -0.1) is 0 Å². The first-order chi connectivity index (χ1) is 8.92. The highest BCUT2D eigenvalue weighted by Gasteiger charge is 2.20. The lowest BCUT2D eigenvalue weighted by Crippen LogP contribution is -2.03. The molecule has 0 spiro atoms. The van der Waals surface area contributed by atoms with E-state index in [0.717, 1.165) is 5.89 Å². The van der Waals surface area contributed by atoms with Crippen LogP contribution in [0.2, 0.25) is 0 Å². The zero-order valence-electron chi connectivity index (χ0n) is 10.3. The van der Waals surface area contributed by atoms with E-state index in [2.05, 4.69) is 20.2 Å². The first-order valence-electron chi connectivity index (χ1n) is 6.57. The molecule has 0 amide bonds. The predicted octanol–water partition coefficient (Wildman–Crippen LogP) is 2.15. The van der Waals surface area contributed by atoms with Crippen LogP contribution < -0.4 is 0 Å². The topological polar surface area (TPSA) is 69.6 Å². The minimum atomic E-state index is 0.449. The maximum Gasteiger partial charge on any atom is 0.229 e. The predicted molar refractivity (Wildman–Crippen MR) is 63.9 cm³/mol. The molecule has 6 nitrogen and oxygen atoms in total. The Bertz CT molecular complexity index is 470. The third kappa shape index (κ3) is 2.57. The van der Waals surface area contributed by atoms with Crippen molar-refractivity contribution >= 4 is 0 Å². The summed E-state index contributed by atoms with van der Waals surface area (Å²) in [5.74, 6) is 1.93. The largest absolute Gasteiger partial charge is 0.339 e. The molecule has 1 aliphatic rings. The minimum absolute atomic E-state index is 0.449. The van der Waals surface area contributed by atoms with Crippen molar-refractivity contribution in [3.8, 4) is 0 Å². The molecule has 96 valence electrons. The molecule has 2 aromatic heterocycles. The molecule has 0 saturated heterocycles. The first kappa shape index (κ1) is 11.4. The first-order valence-corrected chi connectivity index (χ1v) is 6.57. The summed E-state index contributed by atoms with van der Waals surface area (Å²) >= 11 is 0. The van der Waals surface area contributed by atoms with Gasteiger partial charge in [0, 0.05) is 5.92 Å². The lowest BCUT2D eigenvalue weighted by Gasteiger charge is -2.06. The summed E-state index contributed by atoms with van der Waals surface area (Å²) in [5, 5.41) is 8.05. The monoisotopic (exact) mass is 247 g/mol. The van der Waals surface area contributed by atoms with Crippen LogP contribution in [0.3, 0.4) is 0 Å². The number of hydrogen-bond acceptors (Lipinski definition) is 5. The molecule has 0 radical (unpaired) electrons. The average molecular weight is 247 g/mol. The zero-order valence-corrected chi connectivity index (χ0v) is 10.3. The molecule has 1 saturated carbocycles. The SMILES string of the molecule is c1ncn(Cc2noc(C3CCCCCC3)n2)n1. The minimum Gasteiger partial charge on any atom is -0.339 e. The van der Waals surface area contributed by atoms with Gasteiger partial charge < -0.3 is 4.52 Å². The quantitative estimate of drug-likeness (QED) is 0.777. The third-order valence-corrected chi connectivity index (χ3v) is 3.46. The molecular formula is C12H17N5O. The van der Waals surface area contributed by atoms with E-state index in [-0.39, 0.29) is 0 Å². The fourth-order valence-corrected chi connectivity index (χ4v) is 2.48. The zero-order chi connectivity index (χ0) is 12.2. The van der Waals surface area contributed by atoms with Crippen molar-refractivity contribution in [3.05, 3.63) is 24.4 Å². The molecule has 0 atom stereocenters. The Hall–Kier alpha value is -1.72. The molecule has 0 bridgehead atoms. The molecule has 0 aliphatic heterocycles. The van der Waals surface area contributed by atoms with Crippen molar-refractivity contribution in [2.75, 3.05) is 0 Å². The van der Waals surface area contributed by atoms with E-state index in [9.17, 15) is 0 Å². The Morgan fingerprint density at radius 1 is 1.22 bits per heavy atom. The van der Waals surface area contributed by atoms with Crippen molar-refractivity contribution < 1.29 is 4.52 Å². The molecule has 6 heteroatoms. The Morgan fingerprint density at radius 3 is 2.78 bits per heavy atom. The van der Waals surface area contributed by atoms with Crippen LogP contribution in [0.15, 0.2) is 17.2 Å². The highest BCUT2D eigenvalue weighted by molar-refractivity contribution is 4.95. The van der Waals surface area contributed by atoms with Gasteiger partial charge in [0.1, 0.15) is 19.2 Å². The number of hydrogen-bond donors (Lipinski definition) is 0. The molecule has 3 rings (SSSR count). The molecule has 2 aromatic rings. The fourth-order valence-electron chi connectivity index (χ4n) is 2.48. The van der Waals surface area contributed by atoms with E-state index in [0.29, 0.717) is 18.3 Å². The summed E-state index contributed by atoms with van der Waals surface area (Å²) in [6.07, 6.45) is 10.7. The Kier molecular flexibility index (Phi) is 3.34. The van der Waals surface area contributed by atoms with Crippen LogP contribution in [0.4, 0.5) is 0 Å². The van der Waals surface area contributed by atoms with Gasteiger partial charge in [-0.3, -0.25) is 0 Å². The van der Waals surface area contributed by atoms with Gasteiger partial charge in [0.15, 0.2) is 5.82 Å². The molecule has 1 fully saturated rings. The van der Waals surface area contributed by atoms with E-state index in [1.54, 1.807) is 11.0 Å². The Morgan fingerprint density at radius 2 is 2.06 bits per heavy atom. The van der Waals surface area contributed by atoms with Crippen molar-refractivity contribution in [2.45, 2.75) is 51.0 Å². The van der Waals surface area contributed by atoms with Crippen molar-refractivity contribution in [3.63, 3.8) is 0 Å². The number of nitrogens with zero attached hydrogens (tertiary/aromatic N) is 5. The van der Waals surface area contributed by atoms with Gasteiger partial charge in [-0.2, -0.15) is 10.1 Å². The smallest absolute Gasteiger partial charge is 0.229 e. The number of aromatic nitrogens is 5. The van der Waals surface area contributed by atoms with Crippen LogP contribution in [0.1, 0.15) is 56.2 Å². The van der Waals surface area contributed by atoms with E-state index < -0.39 is 0 Å². The van der Waals surface area contributed by atoms with E-state index in [1.165, 1.54) is 44.9 Å². The third-order valence-electron chi connectivity index (χ3n) is 3.46. The second-order valence-electron chi connectivity index (χ2n) is 4.83. The van der Waals surface area contributed by atoms with Crippen LogP contribution in [-0.2, 0) is 6.54 Å². The maximum atomic E-state index is 5.39. The van der Waals surface area contributed by atoms with E-state index >= 15 is 0 Å². The molecule has 18 heavy (non-hydrogen) atoms. The normalized spacial score (nSPS) is 17.8. The maximum absolute atomic E-state index is 5.39. The van der Waals surface area contributed by atoms with Gasteiger partial charge in [0.05, 0.1) is 0 Å². The van der Waals surface area contributed by atoms with Gasteiger partial charge in [0.25, 0.3) is 0 Å². The standard InChI is InChI=1S/C12H17N5O/c1-2-4-6-10(5-3-1)12-15-11(16-18-12)7-17-9-13-8-14-17/h8-10H,1-7H2. The molecule has 0 N–H and O–H groups in total. The van der Waals surface area contributed by atoms with Crippen molar-refractivity contribution in [1.29, 1.82) is 0 Å². The summed E-state index contributed by atoms with van der Waals surface area (Å²) in [4.78, 5) is 8.38. The molecule has 0 aromatic carbocycles. The van der Waals surface area contributed by atoms with Crippen molar-refractivity contribution in [2.24, 2.45) is 0 Å². The van der Waals surface area contributed by atoms with Gasteiger partial charge in [-0.05, 0) is 12.8 Å². The van der Waals surface area contributed by atoms with Gasteiger partial charge in [-0.25, -0.2) is 9.67 Å². The van der Waals surface area contributed by atoms with Crippen LogP contribution in [0.5, 0.6) is 0 Å². The van der Waals surface area contributed by atoms with Gasteiger partial charge in [0.2, 0.25) is 5.89 Å². The van der Waals surface area contributed by atoms with Crippen LogP contribution in [0.25, 0.3) is 0 Å². The van der Waals surface area contributed by atoms with E-state index in [4.69, 9.17) is 4.52 Å². The summed E-state index contributed by atoms with van der Waals surface area (Å²) in [6.45, 7) is 0.524. The Balaban J connectivity index is 1.68. The molecule has 0 unspecified atom stereocenters. The highest BCUT2D eigenvalue weighted by Crippen LogP contribution is 2.30. The lowest BCUT2D eigenvalue weighted by atomic mass is 10.0. The number of rotatable bonds is 3. The summed E-state index contributed by atoms with van der Waals surface area (Å²) < 4.78 is 7.08. The van der Waals surface area contributed by atoms with Crippen LogP contribution in [-0.4, -0.2) is 24.9 Å². The highest BCUT2D eigenvalue weighted by atomic mass is 16.5. The molecule has 1 aliphatic carbocycles. The summed E-state index contributed by atoms with van der Waals surface area (Å²) in [5.41, 5.74) is 0. The van der Waals surface area contributed by atoms with Gasteiger partial charge >= 0.3 is 0 Å². The molecular weight excluding hydrogens is 230 g/mol. The van der Waals surface area contributed by atoms with Crippen molar-refractivity contribution in [1.82, 2.24) is 24.9 Å². The lowest BCUT2D eigenvalue weighted by molar-refractivity contribution is 0.336. The Labute approximate surface area is 105 Å². The summed E-state index contributed by atoms with van der Waals surface area (Å²) in [7, 11) is 0. The average Bonchev–Trinajstić information content (AvgIpc) is 2.97. The van der Waals surface area contributed by atoms with Crippen LogP contribution in [0, 0.1) is 0 Å². The second-order valence-corrected chi connectivity index (χ2v) is 4.83. The second kappa shape index (κ2) is 5.29.